The minimum Gasteiger partial charge on any atom is -0.339 e. The second kappa shape index (κ2) is 6.23. The number of carbonyl (C=O) groups is 1. The highest BCUT2D eigenvalue weighted by atomic mass is 16.2. The average Bonchev–Trinajstić information content (AvgIpc) is 2.35. The number of hydrogen-bond donors (Lipinski definition) is 1. The molecule has 1 rings (SSSR count). The fraction of sp³-hybridized carbons (Fsp3) is 0.400. The molecule has 0 atom stereocenters. The van der Waals surface area contributed by atoms with Gasteiger partial charge in [-0.1, -0.05) is 11.8 Å². The van der Waals surface area contributed by atoms with Crippen molar-refractivity contribution in [3.8, 4) is 11.8 Å². The first-order chi connectivity index (χ1) is 8.47. The normalized spacial score (nSPS) is 9.89. The van der Waals surface area contributed by atoms with E-state index in [4.69, 9.17) is 5.73 Å². The van der Waals surface area contributed by atoms with Crippen LogP contribution in [-0.4, -0.2) is 30.4 Å². The van der Waals surface area contributed by atoms with Crippen LogP contribution >= 0.6 is 0 Å². The lowest BCUT2D eigenvalue weighted by atomic mass is 10.0. The van der Waals surface area contributed by atoms with Gasteiger partial charge in [0.2, 0.25) is 0 Å². The molecule has 0 fully saturated rings. The number of benzene rings is 1. The van der Waals surface area contributed by atoms with Crippen LogP contribution in [0.3, 0.4) is 0 Å². The number of nitrogens with two attached hydrogens (primary N) is 1. The van der Waals surface area contributed by atoms with E-state index in [1.165, 1.54) is 0 Å². The maximum Gasteiger partial charge on any atom is 0.253 e. The number of rotatable bonds is 2. The molecule has 0 saturated heterocycles. The van der Waals surface area contributed by atoms with E-state index < -0.39 is 0 Å². The number of aryl methyl sites for hydroxylation is 1. The summed E-state index contributed by atoms with van der Waals surface area (Å²) in [6.45, 7) is 6.28. The van der Waals surface area contributed by atoms with Gasteiger partial charge in [0.25, 0.3) is 5.91 Å². The van der Waals surface area contributed by atoms with Crippen molar-refractivity contribution in [3.63, 3.8) is 0 Å². The molecular weight excluding hydrogens is 224 g/mol. The molecule has 0 aliphatic rings. The van der Waals surface area contributed by atoms with Crippen LogP contribution in [0.1, 0.15) is 35.3 Å². The van der Waals surface area contributed by atoms with Gasteiger partial charge >= 0.3 is 0 Å². The first kappa shape index (κ1) is 14.3. The fourth-order valence-corrected chi connectivity index (χ4v) is 1.52. The van der Waals surface area contributed by atoms with Crippen LogP contribution in [0.15, 0.2) is 18.2 Å². The topological polar surface area (TPSA) is 46.3 Å². The summed E-state index contributed by atoms with van der Waals surface area (Å²) in [6, 6.07) is 5.75. The quantitative estimate of drug-likeness (QED) is 0.806. The van der Waals surface area contributed by atoms with Gasteiger partial charge in [-0.15, -0.1) is 0 Å². The maximum atomic E-state index is 12.1. The van der Waals surface area contributed by atoms with Crippen LogP contribution < -0.4 is 5.73 Å². The van der Waals surface area contributed by atoms with Crippen molar-refractivity contribution in [2.75, 3.05) is 13.6 Å². The van der Waals surface area contributed by atoms with Crippen molar-refractivity contribution in [1.29, 1.82) is 0 Å². The number of hydrogen-bond acceptors (Lipinski definition) is 2. The molecule has 0 spiro atoms. The third kappa shape index (κ3) is 3.35. The number of amides is 1. The highest BCUT2D eigenvalue weighted by Crippen LogP contribution is 2.12. The molecule has 3 heteroatoms. The van der Waals surface area contributed by atoms with Crippen LogP contribution in [0.25, 0.3) is 0 Å². The average molecular weight is 244 g/mol. The third-order valence-corrected chi connectivity index (χ3v) is 2.89. The molecule has 1 aromatic rings. The first-order valence-electron chi connectivity index (χ1n) is 6.04. The molecule has 96 valence electrons. The number of nitrogens with zero attached hydrogens (tertiary/aromatic N) is 1. The maximum absolute atomic E-state index is 12.1. The van der Waals surface area contributed by atoms with E-state index in [0.29, 0.717) is 12.1 Å². The third-order valence-electron chi connectivity index (χ3n) is 2.89. The Labute approximate surface area is 109 Å². The van der Waals surface area contributed by atoms with E-state index in [9.17, 15) is 4.79 Å². The molecule has 0 aliphatic heterocycles. The Morgan fingerprint density at radius 1 is 1.44 bits per heavy atom. The molecule has 3 nitrogen and oxygen atoms in total. The van der Waals surface area contributed by atoms with E-state index in [1.54, 1.807) is 4.90 Å². The van der Waals surface area contributed by atoms with Crippen molar-refractivity contribution in [2.24, 2.45) is 5.73 Å². The molecule has 0 unspecified atom stereocenters. The lowest BCUT2D eigenvalue weighted by molar-refractivity contribution is 0.0755. The van der Waals surface area contributed by atoms with Gasteiger partial charge in [-0.3, -0.25) is 4.79 Å². The Bertz CT molecular complexity index is 495. The molecule has 0 bridgehead atoms. The lowest BCUT2D eigenvalue weighted by Gasteiger charge is -2.21. The van der Waals surface area contributed by atoms with E-state index >= 15 is 0 Å². The molecular formula is C15H20N2O. The summed E-state index contributed by atoms with van der Waals surface area (Å²) in [6.07, 6.45) is 0. The van der Waals surface area contributed by atoms with E-state index in [1.807, 2.05) is 46.0 Å². The van der Waals surface area contributed by atoms with Crippen molar-refractivity contribution in [2.45, 2.75) is 26.8 Å². The summed E-state index contributed by atoms with van der Waals surface area (Å²) < 4.78 is 0. The molecule has 0 aromatic heterocycles. The van der Waals surface area contributed by atoms with Gasteiger partial charge in [0.15, 0.2) is 0 Å². The summed E-state index contributed by atoms with van der Waals surface area (Å²) in [7, 11) is 1.81. The lowest BCUT2D eigenvalue weighted by Crippen LogP contribution is -2.33. The molecule has 0 heterocycles. The molecule has 0 aliphatic carbocycles. The van der Waals surface area contributed by atoms with Crippen molar-refractivity contribution >= 4 is 5.91 Å². The summed E-state index contributed by atoms with van der Waals surface area (Å²) in [5.41, 5.74) is 7.96. The Hall–Kier alpha value is -1.79. The summed E-state index contributed by atoms with van der Waals surface area (Å²) in [4.78, 5) is 13.9. The Balaban J connectivity index is 3.01. The minimum atomic E-state index is 0.0337. The van der Waals surface area contributed by atoms with Crippen molar-refractivity contribution in [3.05, 3.63) is 34.9 Å². The highest BCUT2D eigenvalue weighted by molar-refractivity contribution is 5.94. The zero-order valence-electron chi connectivity index (χ0n) is 11.4. The van der Waals surface area contributed by atoms with Gasteiger partial charge in [0.05, 0.1) is 6.54 Å². The fourth-order valence-electron chi connectivity index (χ4n) is 1.52. The monoisotopic (exact) mass is 244 g/mol. The van der Waals surface area contributed by atoms with Crippen LogP contribution in [0.2, 0.25) is 0 Å². The van der Waals surface area contributed by atoms with E-state index in [-0.39, 0.29) is 11.9 Å². The SMILES string of the molecule is Cc1cc(C(=O)N(C)C(C)C)ccc1C#CCN. The first-order valence-corrected chi connectivity index (χ1v) is 6.04. The van der Waals surface area contributed by atoms with Crippen molar-refractivity contribution in [1.82, 2.24) is 4.90 Å². The van der Waals surface area contributed by atoms with Crippen LogP contribution in [0, 0.1) is 18.8 Å². The molecule has 0 saturated carbocycles. The Morgan fingerprint density at radius 3 is 2.61 bits per heavy atom. The van der Waals surface area contributed by atoms with E-state index in [0.717, 1.165) is 11.1 Å². The second-order valence-electron chi connectivity index (χ2n) is 4.55. The van der Waals surface area contributed by atoms with Crippen LogP contribution in [-0.2, 0) is 0 Å². The van der Waals surface area contributed by atoms with E-state index in [2.05, 4.69) is 11.8 Å². The predicted molar refractivity (Wildman–Crippen MR) is 74.3 cm³/mol. The molecule has 18 heavy (non-hydrogen) atoms. The van der Waals surface area contributed by atoms with Gasteiger partial charge < -0.3 is 10.6 Å². The zero-order chi connectivity index (χ0) is 13.7. The van der Waals surface area contributed by atoms with Gasteiger partial charge in [0, 0.05) is 24.2 Å². The molecule has 1 aromatic carbocycles. The summed E-state index contributed by atoms with van der Waals surface area (Å²) in [5.74, 6) is 5.84. The number of carbonyl (C=O) groups excluding carboxylic acids is 1. The molecule has 2 N–H and O–H groups in total. The molecule has 0 radical (unpaired) electrons. The Kier molecular flexibility index (Phi) is 4.94. The van der Waals surface area contributed by atoms with Gasteiger partial charge in [-0.25, -0.2) is 0 Å². The summed E-state index contributed by atoms with van der Waals surface area (Å²) in [5, 5.41) is 0. The second-order valence-corrected chi connectivity index (χ2v) is 4.55. The van der Waals surface area contributed by atoms with Crippen LogP contribution in [0.5, 0.6) is 0 Å². The predicted octanol–water partition coefficient (Wildman–Crippen LogP) is 1.79. The zero-order valence-corrected chi connectivity index (χ0v) is 11.4. The Morgan fingerprint density at radius 2 is 2.11 bits per heavy atom. The standard InChI is InChI=1S/C15H20N2O/c1-11(2)17(4)15(18)14-8-7-13(6-5-9-16)12(3)10-14/h7-8,10-11H,9,16H2,1-4H3. The minimum absolute atomic E-state index is 0.0337. The summed E-state index contributed by atoms with van der Waals surface area (Å²) >= 11 is 0. The van der Waals surface area contributed by atoms with Gasteiger partial charge in [-0.05, 0) is 44.5 Å². The van der Waals surface area contributed by atoms with Crippen LogP contribution in [0.4, 0.5) is 0 Å². The van der Waals surface area contributed by atoms with Gasteiger partial charge in [-0.2, -0.15) is 0 Å². The molecule has 1 amide bonds. The van der Waals surface area contributed by atoms with Gasteiger partial charge in [0.1, 0.15) is 0 Å². The largest absolute Gasteiger partial charge is 0.339 e. The smallest absolute Gasteiger partial charge is 0.253 e. The van der Waals surface area contributed by atoms with Crippen molar-refractivity contribution < 1.29 is 4.79 Å². The highest BCUT2D eigenvalue weighted by Gasteiger charge is 2.14.